The van der Waals surface area contributed by atoms with Crippen molar-refractivity contribution < 1.29 is 31.9 Å². The molecule has 2 N–H and O–H groups in total. The van der Waals surface area contributed by atoms with E-state index in [4.69, 9.17) is 5.41 Å². The van der Waals surface area contributed by atoms with Gasteiger partial charge in [0.2, 0.25) is 0 Å². The first-order valence-corrected chi connectivity index (χ1v) is 9.18. The zero-order valence-electron chi connectivity index (χ0n) is 15.9. The second kappa shape index (κ2) is 9.71. The molecule has 0 aromatic heterocycles. The van der Waals surface area contributed by atoms with Gasteiger partial charge in [-0.3, -0.25) is 15.1 Å². The number of amidine groups is 1. The highest BCUT2D eigenvalue weighted by atomic mass is 19.3. The maximum atomic E-state index is 13.6. The number of alkyl halides is 2. The third kappa shape index (κ3) is 7.03. The van der Waals surface area contributed by atoms with Crippen LogP contribution in [0.4, 0.5) is 22.4 Å². The maximum Gasteiger partial charge on any atom is 0.323 e. The summed E-state index contributed by atoms with van der Waals surface area (Å²) in [6.45, 7) is -1.14. The molecule has 1 heterocycles. The summed E-state index contributed by atoms with van der Waals surface area (Å²) in [6, 6.07) is 0.868. The molecule has 0 spiro atoms. The SMILES string of the molecule is C1CC1.COC(=O)CC(F)(F)CNC(=O)N1C(=N)CCC1c1cc(F)cc(F)c1. The molecule has 2 aliphatic rings. The van der Waals surface area contributed by atoms with Crippen LogP contribution in [-0.4, -0.2) is 42.3 Å². The van der Waals surface area contributed by atoms with Crippen molar-refractivity contribution in [2.45, 2.75) is 50.5 Å². The van der Waals surface area contributed by atoms with Gasteiger partial charge < -0.3 is 10.1 Å². The summed E-state index contributed by atoms with van der Waals surface area (Å²) in [6.07, 6.45) is 3.67. The number of hydrogen-bond donors (Lipinski definition) is 2. The predicted octanol–water partition coefficient (Wildman–Crippen LogP) is 4.16. The van der Waals surface area contributed by atoms with Crippen LogP contribution in [0.5, 0.6) is 0 Å². The molecule has 160 valence electrons. The Kier molecular flexibility index (Phi) is 7.58. The summed E-state index contributed by atoms with van der Waals surface area (Å²) >= 11 is 0. The number of likely N-dealkylation sites (tertiary alicyclic amines) is 1. The second-order valence-corrected chi connectivity index (χ2v) is 6.90. The molecule has 1 saturated carbocycles. The molecule has 1 unspecified atom stereocenters. The molecular weight excluding hydrogens is 394 g/mol. The number of nitrogens with one attached hydrogen (secondary N) is 2. The van der Waals surface area contributed by atoms with Gasteiger partial charge >= 0.3 is 12.0 Å². The first kappa shape index (κ1) is 22.6. The first-order chi connectivity index (χ1) is 13.6. The number of hydrogen-bond acceptors (Lipinski definition) is 4. The minimum atomic E-state index is -3.54. The molecule has 1 aliphatic heterocycles. The smallest absolute Gasteiger partial charge is 0.323 e. The fourth-order valence-corrected chi connectivity index (χ4v) is 2.69. The Labute approximate surface area is 165 Å². The summed E-state index contributed by atoms with van der Waals surface area (Å²) in [4.78, 5) is 24.1. The van der Waals surface area contributed by atoms with E-state index in [0.717, 1.165) is 24.1 Å². The van der Waals surface area contributed by atoms with Gasteiger partial charge in [0.25, 0.3) is 5.92 Å². The van der Waals surface area contributed by atoms with Crippen LogP contribution in [0.15, 0.2) is 18.2 Å². The lowest BCUT2D eigenvalue weighted by Gasteiger charge is -2.26. The molecule has 0 bridgehead atoms. The molecule has 1 saturated heterocycles. The largest absolute Gasteiger partial charge is 0.469 e. The number of ether oxygens (including phenoxy) is 1. The Hall–Kier alpha value is -2.65. The van der Waals surface area contributed by atoms with Crippen molar-refractivity contribution in [3.8, 4) is 0 Å². The van der Waals surface area contributed by atoms with Gasteiger partial charge in [-0.05, 0) is 24.1 Å². The van der Waals surface area contributed by atoms with Gasteiger partial charge in [0.15, 0.2) is 0 Å². The molecule has 2 amide bonds. The Bertz CT molecular complexity index is 748. The zero-order valence-corrected chi connectivity index (χ0v) is 15.9. The van der Waals surface area contributed by atoms with Gasteiger partial charge in [-0.15, -0.1) is 0 Å². The topological polar surface area (TPSA) is 82.5 Å². The van der Waals surface area contributed by atoms with Crippen molar-refractivity contribution in [2.75, 3.05) is 13.7 Å². The van der Waals surface area contributed by atoms with Crippen molar-refractivity contribution in [1.82, 2.24) is 10.2 Å². The monoisotopic (exact) mass is 417 g/mol. The Balaban J connectivity index is 0.000000912. The molecule has 2 fully saturated rings. The Morgan fingerprint density at radius 3 is 2.31 bits per heavy atom. The van der Waals surface area contributed by atoms with Gasteiger partial charge in [0.05, 0.1) is 19.7 Å². The summed E-state index contributed by atoms with van der Waals surface area (Å²) in [7, 11) is 0.964. The van der Waals surface area contributed by atoms with E-state index in [9.17, 15) is 27.2 Å². The second-order valence-electron chi connectivity index (χ2n) is 6.90. The lowest BCUT2D eigenvalue weighted by Crippen LogP contribution is -2.46. The van der Waals surface area contributed by atoms with Gasteiger partial charge in [0.1, 0.15) is 23.9 Å². The number of halogens is 4. The quantitative estimate of drug-likeness (QED) is 0.558. The molecule has 1 aromatic rings. The van der Waals surface area contributed by atoms with Crippen LogP contribution in [0.2, 0.25) is 0 Å². The Morgan fingerprint density at radius 1 is 1.21 bits per heavy atom. The van der Waals surface area contributed by atoms with E-state index >= 15 is 0 Å². The molecule has 6 nitrogen and oxygen atoms in total. The fraction of sp³-hybridized carbons (Fsp3) is 0.526. The van der Waals surface area contributed by atoms with Crippen molar-refractivity contribution in [2.24, 2.45) is 0 Å². The highest BCUT2D eigenvalue weighted by molar-refractivity contribution is 5.98. The van der Waals surface area contributed by atoms with E-state index in [1.165, 1.54) is 19.3 Å². The standard InChI is InChI=1S/C16H17F4N3O3.C3H6/c1-26-14(24)7-16(19,20)8-22-15(25)23-12(2-3-13(23)21)9-4-10(17)6-11(18)5-9;1-2-3-1/h4-6,12,21H,2-3,7-8H2,1H3,(H,22,25);1-3H2. The van der Waals surface area contributed by atoms with Crippen LogP contribution >= 0.6 is 0 Å². The van der Waals surface area contributed by atoms with E-state index in [1.54, 1.807) is 0 Å². The highest BCUT2D eigenvalue weighted by Crippen LogP contribution is 2.34. The summed E-state index contributed by atoms with van der Waals surface area (Å²) in [5.41, 5.74) is 0.126. The van der Waals surface area contributed by atoms with Crippen LogP contribution in [0.25, 0.3) is 0 Å². The normalized spacial score (nSPS) is 18.0. The number of methoxy groups -OCH3 is 1. The van der Waals surface area contributed by atoms with Gasteiger partial charge in [-0.25, -0.2) is 22.4 Å². The van der Waals surface area contributed by atoms with Gasteiger partial charge in [0, 0.05) is 12.5 Å². The number of carbonyl (C=O) groups excluding carboxylic acids is 2. The van der Waals surface area contributed by atoms with Crippen molar-refractivity contribution in [1.29, 1.82) is 5.41 Å². The number of esters is 1. The van der Waals surface area contributed by atoms with E-state index in [2.05, 4.69) is 4.74 Å². The van der Waals surface area contributed by atoms with Crippen LogP contribution in [0.3, 0.4) is 0 Å². The number of benzene rings is 1. The van der Waals surface area contributed by atoms with Crippen LogP contribution < -0.4 is 5.32 Å². The first-order valence-electron chi connectivity index (χ1n) is 9.18. The number of urea groups is 1. The average molecular weight is 417 g/mol. The Morgan fingerprint density at radius 2 is 1.79 bits per heavy atom. The molecule has 10 heteroatoms. The average Bonchev–Trinajstić information content (AvgIpc) is 3.47. The van der Waals surface area contributed by atoms with Crippen LogP contribution in [-0.2, 0) is 9.53 Å². The van der Waals surface area contributed by atoms with E-state index in [-0.39, 0.29) is 24.2 Å². The fourth-order valence-electron chi connectivity index (χ4n) is 2.69. The van der Waals surface area contributed by atoms with Crippen LogP contribution in [0.1, 0.15) is 50.1 Å². The highest BCUT2D eigenvalue weighted by Gasteiger charge is 2.38. The predicted molar refractivity (Wildman–Crippen MR) is 96.7 cm³/mol. The molecule has 3 rings (SSSR count). The third-order valence-electron chi connectivity index (χ3n) is 4.23. The minimum Gasteiger partial charge on any atom is -0.469 e. The van der Waals surface area contributed by atoms with Gasteiger partial charge in [-0.2, -0.15) is 0 Å². The van der Waals surface area contributed by atoms with Crippen molar-refractivity contribution in [3.63, 3.8) is 0 Å². The van der Waals surface area contributed by atoms with Crippen molar-refractivity contribution >= 4 is 17.8 Å². The molecular formula is C19H23F4N3O3. The molecule has 0 radical (unpaired) electrons. The number of carbonyl (C=O) groups is 2. The minimum absolute atomic E-state index is 0.126. The maximum absolute atomic E-state index is 13.6. The number of rotatable bonds is 5. The van der Waals surface area contributed by atoms with E-state index in [1.807, 2.05) is 5.32 Å². The third-order valence-corrected chi connectivity index (χ3v) is 4.23. The zero-order chi connectivity index (χ0) is 21.6. The number of nitrogens with zero attached hydrogens (tertiary/aromatic N) is 1. The molecule has 29 heavy (non-hydrogen) atoms. The molecule has 1 aromatic carbocycles. The van der Waals surface area contributed by atoms with E-state index in [0.29, 0.717) is 6.07 Å². The van der Waals surface area contributed by atoms with E-state index < -0.39 is 48.6 Å². The summed E-state index contributed by atoms with van der Waals surface area (Å²) in [5, 5.41) is 9.77. The molecule has 1 aliphatic carbocycles. The summed E-state index contributed by atoms with van der Waals surface area (Å²) < 4.78 is 58.3. The lowest BCUT2D eigenvalue weighted by molar-refractivity contribution is -0.148. The molecule has 1 atom stereocenters. The summed E-state index contributed by atoms with van der Waals surface area (Å²) in [5.74, 6) is -6.52. The van der Waals surface area contributed by atoms with Crippen molar-refractivity contribution in [3.05, 3.63) is 35.4 Å². The van der Waals surface area contributed by atoms with Crippen LogP contribution in [0, 0.1) is 17.0 Å². The van der Waals surface area contributed by atoms with Gasteiger partial charge in [-0.1, -0.05) is 19.3 Å². The lowest BCUT2D eigenvalue weighted by atomic mass is 10.0. The number of amides is 2.